The molecule has 1 aliphatic rings. The molecule has 1 N–H and O–H groups in total. The molecule has 1 saturated heterocycles. The first-order valence-electron chi connectivity index (χ1n) is 6.63. The molecule has 0 amide bonds. The molecule has 3 heteroatoms. The van der Waals surface area contributed by atoms with Crippen molar-refractivity contribution in [1.29, 1.82) is 0 Å². The summed E-state index contributed by atoms with van der Waals surface area (Å²) >= 11 is 0. The molecule has 0 spiro atoms. The molecule has 1 rings (SSSR count). The Bertz CT molecular complexity index is 186. The van der Waals surface area contributed by atoms with Crippen LogP contribution in [-0.2, 0) is 0 Å². The maximum Gasteiger partial charge on any atom is 0.0109 e. The molecule has 0 aromatic rings. The maximum atomic E-state index is 3.55. The second-order valence-corrected chi connectivity index (χ2v) is 6.03. The van der Waals surface area contributed by atoms with Gasteiger partial charge in [0.2, 0.25) is 0 Å². The molecule has 16 heavy (non-hydrogen) atoms. The molecule has 0 saturated carbocycles. The van der Waals surface area contributed by atoms with Crippen molar-refractivity contribution in [2.24, 2.45) is 0 Å². The second kappa shape index (κ2) is 6.58. The van der Waals surface area contributed by atoms with E-state index >= 15 is 0 Å². The lowest BCUT2D eigenvalue weighted by molar-refractivity contribution is 0.268. The molecule has 0 aromatic heterocycles. The third kappa shape index (κ3) is 6.46. The lowest BCUT2D eigenvalue weighted by Crippen LogP contribution is -2.38. The fourth-order valence-electron chi connectivity index (χ4n) is 2.09. The predicted molar refractivity (Wildman–Crippen MR) is 70.9 cm³/mol. The normalized spacial score (nSPS) is 21.0. The summed E-state index contributed by atoms with van der Waals surface area (Å²) in [6.07, 6.45) is 2.59. The summed E-state index contributed by atoms with van der Waals surface area (Å²) < 4.78 is 0. The highest BCUT2D eigenvalue weighted by atomic mass is 15.2. The smallest absolute Gasteiger partial charge is 0.0109 e. The summed E-state index contributed by atoms with van der Waals surface area (Å²) in [4.78, 5) is 5.04. The van der Waals surface area contributed by atoms with Gasteiger partial charge in [-0.05, 0) is 66.8 Å². The Kier molecular flexibility index (Phi) is 5.73. The largest absolute Gasteiger partial charge is 0.312 e. The Labute approximate surface area is 101 Å². The van der Waals surface area contributed by atoms with Gasteiger partial charge in [0.1, 0.15) is 0 Å². The van der Waals surface area contributed by atoms with Gasteiger partial charge in [-0.3, -0.25) is 0 Å². The van der Waals surface area contributed by atoms with Crippen molar-refractivity contribution in [3.8, 4) is 0 Å². The molecule has 0 radical (unpaired) electrons. The molecule has 96 valence electrons. The van der Waals surface area contributed by atoms with Crippen molar-refractivity contribution in [3.63, 3.8) is 0 Å². The van der Waals surface area contributed by atoms with Gasteiger partial charge in [-0.25, -0.2) is 0 Å². The van der Waals surface area contributed by atoms with E-state index in [1.54, 1.807) is 0 Å². The van der Waals surface area contributed by atoms with Crippen LogP contribution < -0.4 is 5.32 Å². The Balaban J connectivity index is 2.08. The molecule has 1 heterocycles. The van der Waals surface area contributed by atoms with Crippen molar-refractivity contribution in [3.05, 3.63) is 0 Å². The SMILES string of the molecule is CN1CCCN(CCCNC(C)(C)C)CC1. The van der Waals surface area contributed by atoms with E-state index in [2.05, 4.69) is 42.9 Å². The van der Waals surface area contributed by atoms with Crippen LogP contribution in [0.15, 0.2) is 0 Å². The fourth-order valence-corrected chi connectivity index (χ4v) is 2.09. The summed E-state index contributed by atoms with van der Waals surface area (Å²) in [5.74, 6) is 0. The minimum atomic E-state index is 0.263. The number of nitrogens with one attached hydrogen (secondary N) is 1. The molecular formula is C13H29N3. The van der Waals surface area contributed by atoms with E-state index in [0.717, 1.165) is 6.54 Å². The summed E-state index contributed by atoms with van der Waals surface area (Å²) in [5.41, 5.74) is 0.263. The first-order valence-corrected chi connectivity index (χ1v) is 6.63. The van der Waals surface area contributed by atoms with Crippen LogP contribution in [0.2, 0.25) is 0 Å². The van der Waals surface area contributed by atoms with Gasteiger partial charge in [0.15, 0.2) is 0 Å². The summed E-state index contributed by atoms with van der Waals surface area (Å²) in [6, 6.07) is 0. The van der Waals surface area contributed by atoms with Crippen LogP contribution in [0.4, 0.5) is 0 Å². The highest BCUT2D eigenvalue weighted by Gasteiger charge is 2.12. The third-order valence-corrected chi connectivity index (χ3v) is 3.12. The second-order valence-electron chi connectivity index (χ2n) is 6.03. The van der Waals surface area contributed by atoms with Crippen LogP contribution in [0.3, 0.4) is 0 Å². The van der Waals surface area contributed by atoms with Gasteiger partial charge < -0.3 is 15.1 Å². The molecule has 0 atom stereocenters. The van der Waals surface area contributed by atoms with E-state index < -0.39 is 0 Å². The summed E-state index contributed by atoms with van der Waals surface area (Å²) in [5, 5.41) is 3.55. The standard InChI is InChI=1S/C13H29N3/c1-13(2,3)14-7-5-9-16-10-6-8-15(4)11-12-16/h14H,5-12H2,1-4H3. The van der Waals surface area contributed by atoms with E-state index in [1.165, 1.54) is 45.6 Å². The quantitative estimate of drug-likeness (QED) is 0.733. The molecule has 3 nitrogen and oxygen atoms in total. The van der Waals surface area contributed by atoms with Crippen LogP contribution in [-0.4, -0.2) is 61.7 Å². The van der Waals surface area contributed by atoms with Gasteiger partial charge in [-0.15, -0.1) is 0 Å². The molecule has 1 aliphatic heterocycles. The van der Waals surface area contributed by atoms with Gasteiger partial charge in [0.25, 0.3) is 0 Å². The van der Waals surface area contributed by atoms with E-state index in [-0.39, 0.29) is 5.54 Å². The summed E-state index contributed by atoms with van der Waals surface area (Å²) in [6.45, 7) is 14.1. The first-order chi connectivity index (χ1) is 7.47. The lowest BCUT2D eigenvalue weighted by Gasteiger charge is -2.23. The third-order valence-electron chi connectivity index (χ3n) is 3.12. The molecule has 0 unspecified atom stereocenters. The predicted octanol–water partition coefficient (Wildman–Crippen LogP) is 1.40. The zero-order chi connectivity index (χ0) is 12.0. The average Bonchev–Trinajstić information content (AvgIpc) is 2.37. The zero-order valence-electron chi connectivity index (χ0n) is 11.6. The fraction of sp³-hybridized carbons (Fsp3) is 1.00. The van der Waals surface area contributed by atoms with Crippen LogP contribution in [0.1, 0.15) is 33.6 Å². The highest BCUT2D eigenvalue weighted by molar-refractivity contribution is 4.71. The molecule has 0 aliphatic carbocycles. The molecule has 0 bridgehead atoms. The highest BCUT2D eigenvalue weighted by Crippen LogP contribution is 2.02. The average molecular weight is 227 g/mol. The van der Waals surface area contributed by atoms with Crippen molar-refractivity contribution in [2.75, 3.05) is 46.3 Å². The van der Waals surface area contributed by atoms with Gasteiger partial charge >= 0.3 is 0 Å². The molecular weight excluding hydrogens is 198 g/mol. The van der Waals surface area contributed by atoms with E-state index in [1.807, 2.05) is 0 Å². The Hall–Kier alpha value is -0.120. The Morgan fingerprint density at radius 2 is 1.81 bits per heavy atom. The first kappa shape index (κ1) is 13.9. The number of likely N-dealkylation sites (N-methyl/N-ethyl adjacent to an activating group) is 1. The zero-order valence-corrected chi connectivity index (χ0v) is 11.6. The van der Waals surface area contributed by atoms with Gasteiger partial charge in [0.05, 0.1) is 0 Å². The summed E-state index contributed by atoms with van der Waals surface area (Å²) in [7, 11) is 2.23. The van der Waals surface area contributed by atoms with Crippen LogP contribution in [0.25, 0.3) is 0 Å². The number of rotatable bonds is 4. The van der Waals surface area contributed by atoms with E-state index in [0.29, 0.717) is 0 Å². The van der Waals surface area contributed by atoms with E-state index in [4.69, 9.17) is 0 Å². The van der Waals surface area contributed by atoms with Crippen molar-refractivity contribution in [1.82, 2.24) is 15.1 Å². The van der Waals surface area contributed by atoms with E-state index in [9.17, 15) is 0 Å². The lowest BCUT2D eigenvalue weighted by atomic mass is 10.1. The van der Waals surface area contributed by atoms with Gasteiger partial charge in [-0.1, -0.05) is 0 Å². The number of nitrogens with zero attached hydrogens (tertiary/aromatic N) is 2. The van der Waals surface area contributed by atoms with Crippen LogP contribution in [0.5, 0.6) is 0 Å². The Morgan fingerprint density at radius 1 is 1.06 bits per heavy atom. The van der Waals surface area contributed by atoms with Gasteiger partial charge in [-0.2, -0.15) is 0 Å². The minimum absolute atomic E-state index is 0.263. The van der Waals surface area contributed by atoms with Crippen LogP contribution >= 0.6 is 0 Å². The minimum Gasteiger partial charge on any atom is -0.312 e. The maximum absolute atomic E-state index is 3.55. The van der Waals surface area contributed by atoms with Crippen LogP contribution in [0, 0.1) is 0 Å². The molecule has 0 aromatic carbocycles. The Morgan fingerprint density at radius 3 is 2.50 bits per heavy atom. The number of hydrogen-bond donors (Lipinski definition) is 1. The van der Waals surface area contributed by atoms with Crippen molar-refractivity contribution < 1.29 is 0 Å². The van der Waals surface area contributed by atoms with Gasteiger partial charge in [0, 0.05) is 18.6 Å². The molecule has 1 fully saturated rings. The topological polar surface area (TPSA) is 18.5 Å². The monoisotopic (exact) mass is 227 g/mol. The van der Waals surface area contributed by atoms with Crippen molar-refractivity contribution >= 4 is 0 Å². The number of hydrogen-bond acceptors (Lipinski definition) is 3. The van der Waals surface area contributed by atoms with Crippen molar-refractivity contribution in [2.45, 2.75) is 39.2 Å².